The lowest BCUT2D eigenvalue weighted by Crippen LogP contribution is -2.18. The predicted molar refractivity (Wildman–Crippen MR) is 79.2 cm³/mol. The Morgan fingerprint density at radius 1 is 1.04 bits per heavy atom. The van der Waals surface area contributed by atoms with Crippen LogP contribution in [-0.2, 0) is 10.0 Å². The van der Waals surface area contributed by atoms with Crippen LogP contribution < -0.4 is 10.6 Å². The van der Waals surface area contributed by atoms with E-state index in [1.165, 1.54) is 12.1 Å². The zero-order valence-electron chi connectivity index (χ0n) is 11.8. The van der Waals surface area contributed by atoms with Crippen molar-refractivity contribution in [3.8, 4) is 0 Å². The molecule has 0 unspecified atom stereocenters. The highest BCUT2D eigenvalue weighted by Gasteiger charge is 2.10. The van der Waals surface area contributed by atoms with Crippen LogP contribution in [-0.4, -0.2) is 20.5 Å². The molecular weight excluding hydrogens is 347 g/mol. The van der Waals surface area contributed by atoms with E-state index in [1.54, 1.807) is 0 Å². The van der Waals surface area contributed by atoms with Gasteiger partial charge in [-0.15, -0.1) is 0 Å². The fourth-order valence-corrected chi connectivity index (χ4v) is 2.17. The zero-order valence-corrected chi connectivity index (χ0v) is 12.6. The number of rotatable bonds is 4. The van der Waals surface area contributed by atoms with Crippen molar-refractivity contribution in [3.05, 3.63) is 65.0 Å². The molecule has 3 N–H and O–H groups in total. The molecule has 0 aliphatic heterocycles. The van der Waals surface area contributed by atoms with Crippen LogP contribution in [0.5, 0.6) is 0 Å². The third kappa shape index (κ3) is 4.18. The van der Waals surface area contributed by atoms with E-state index in [0.717, 1.165) is 18.3 Å². The first-order valence-electron chi connectivity index (χ1n) is 6.29. The molecule has 0 atom stereocenters. The summed E-state index contributed by atoms with van der Waals surface area (Å²) in [5.41, 5.74) is 1.73. The van der Waals surface area contributed by atoms with Crippen molar-refractivity contribution >= 4 is 22.1 Å². The number of primary sulfonamides is 1. The lowest BCUT2D eigenvalue weighted by Gasteiger charge is -2.02. The summed E-state index contributed by atoms with van der Waals surface area (Å²) in [6.07, 6.45) is 0.800. The van der Waals surface area contributed by atoms with Crippen LogP contribution in [0.25, 0.3) is 0 Å². The van der Waals surface area contributed by atoms with E-state index in [1.807, 2.05) is 5.43 Å². The molecule has 0 radical (unpaired) electrons. The first kappa shape index (κ1) is 17.6. The minimum absolute atomic E-state index is 0.0605. The van der Waals surface area contributed by atoms with Crippen LogP contribution in [0.15, 0.2) is 46.4 Å². The number of hydrogen-bond acceptors (Lipinski definition) is 4. The summed E-state index contributed by atoms with van der Waals surface area (Å²) < 4.78 is 61.3. The zero-order chi connectivity index (χ0) is 17.9. The van der Waals surface area contributed by atoms with Gasteiger partial charge in [-0.2, -0.15) is 5.10 Å². The molecule has 0 spiro atoms. The topological polar surface area (TPSA) is 102 Å². The Morgan fingerprint density at radius 3 is 2.21 bits per heavy atom. The molecular formula is C14H10F3N3O3S. The van der Waals surface area contributed by atoms with Gasteiger partial charge in [0.2, 0.25) is 10.0 Å². The first-order chi connectivity index (χ1) is 11.2. The maximum absolute atomic E-state index is 13.4. The van der Waals surface area contributed by atoms with Gasteiger partial charge in [0.25, 0.3) is 5.91 Å². The monoisotopic (exact) mass is 357 g/mol. The van der Waals surface area contributed by atoms with Gasteiger partial charge in [-0.25, -0.2) is 32.2 Å². The molecule has 0 fully saturated rings. The van der Waals surface area contributed by atoms with Gasteiger partial charge < -0.3 is 0 Å². The minimum atomic E-state index is -3.88. The molecule has 10 heteroatoms. The number of nitrogens with one attached hydrogen (secondary N) is 1. The lowest BCUT2D eigenvalue weighted by atomic mass is 10.2. The number of hydrogen-bond donors (Lipinski definition) is 2. The normalized spacial score (nSPS) is 11.7. The quantitative estimate of drug-likeness (QED) is 0.493. The second-order valence-electron chi connectivity index (χ2n) is 4.56. The van der Waals surface area contributed by atoms with Crippen molar-refractivity contribution in [1.29, 1.82) is 0 Å². The minimum Gasteiger partial charge on any atom is -0.267 e. The largest absolute Gasteiger partial charge is 0.271 e. The highest BCUT2D eigenvalue weighted by molar-refractivity contribution is 7.89. The van der Waals surface area contributed by atoms with Crippen molar-refractivity contribution in [3.63, 3.8) is 0 Å². The Balaban J connectivity index is 2.09. The van der Waals surface area contributed by atoms with Gasteiger partial charge in [-0.1, -0.05) is 0 Å². The molecule has 2 aromatic carbocycles. The number of nitrogens with zero attached hydrogens (tertiary/aromatic N) is 1. The molecule has 126 valence electrons. The van der Waals surface area contributed by atoms with E-state index in [4.69, 9.17) is 5.14 Å². The smallest absolute Gasteiger partial charge is 0.267 e. The second kappa shape index (κ2) is 6.81. The predicted octanol–water partition coefficient (Wildman–Crippen LogP) is 1.52. The Bertz CT molecular complexity index is 913. The summed E-state index contributed by atoms with van der Waals surface area (Å²) in [5.74, 6) is -4.38. The summed E-state index contributed by atoms with van der Waals surface area (Å²) in [4.78, 5) is 11.6. The van der Waals surface area contributed by atoms with Crippen LogP contribution in [0.3, 0.4) is 0 Å². The standard InChI is InChI=1S/C14H10F3N3O3S/c15-11-6-13(17)12(16)5-9(11)7-19-20-14(21)8-1-3-10(4-2-8)24(18,22)23/h1-7H,(H,20,21)(H2,18,22,23)/b19-7+. The molecule has 0 heterocycles. The average molecular weight is 357 g/mol. The van der Waals surface area contributed by atoms with E-state index >= 15 is 0 Å². The number of carbonyl (C=O) groups is 1. The van der Waals surface area contributed by atoms with E-state index in [0.29, 0.717) is 12.1 Å². The molecule has 2 rings (SSSR count). The SMILES string of the molecule is NS(=O)(=O)c1ccc(C(=O)N/N=C/c2cc(F)c(F)cc2F)cc1. The number of sulfonamides is 1. The molecule has 0 aromatic heterocycles. The average Bonchev–Trinajstić information content (AvgIpc) is 2.51. The first-order valence-corrected chi connectivity index (χ1v) is 7.84. The molecule has 0 bridgehead atoms. The fraction of sp³-hybridized carbons (Fsp3) is 0. The molecule has 24 heavy (non-hydrogen) atoms. The maximum Gasteiger partial charge on any atom is 0.271 e. The summed E-state index contributed by atoms with van der Waals surface area (Å²) in [6.45, 7) is 0. The van der Waals surface area contributed by atoms with Crippen molar-refractivity contribution < 1.29 is 26.4 Å². The number of halogens is 3. The Kier molecular flexibility index (Phi) is 5.00. The third-order valence-electron chi connectivity index (χ3n) is 2.85. The van der Waals surface area contributed by atoms with Crippen molar-refractivity contribution in [2.75, 3.05) is 0 Å². The molecule has 6 nitrogen and oxygen atoms in total. The molecule has 0 aliphatic rings. The number of carbonyl (C=O) groups excluding carboxylic acids is 1. The molecule has 1 amide bonds. The van der Waals surface area contributed by atoms with Gasteiger partial charge in [0.15, 0.2) is 11.6 Å². The van der Waals surface area contributed by atoms with E-state index < -0.39 is 33.4 Å². The molecule has 0 saturated carbocycles. The van der Waals surface area contributed by atoms with E-state index in [9.17, 15) is 26.4 Å². The number of benzene rings is 2. The van der Waals surface area contributed by atoms with Crippen LogP contribution >= 0.6 is 0 Å². The summed E-state index contributed by atoms with van der Waals surface area (Å²) in [6, 6.07) is 5.59. The van der Waals surface area contributed by atoms with Crippen LogP contribution in [0.2, 0.25) is 0 Å². The molecule has 2 aromatic rings. The van der Waals surface area contributed by atoms with Crippen molar-refractivity contribution in [2.24, 2.45) is 10.2 Å². The molecule has 0 aliphatic carbocycles. The lowest BCUT2D eigenvalue weighted by molar-refractivity contribution is 0.0955. The van der Waals surface area contributed by atoms with E-state index in [-0.39, 0.29) is 16.0 Å². The highest BCUT2D eigenvalue weighted by atomic mass is 32.2. The van der Waals surface area contributed by atoms with Crippen LogP contribution in [0.4, 0.5) is 13.2 Å². The van der Waals surface area contributed by atoms with Gasteiger partial charge in [-0.05, 0) is 30.3 Å². The number of hydrazone groups is 1. The maximum atomic E-state index is 13.4. The van der Waals surface area contributed by atoms with E-state index in [2.05, 4.69) is 5.10 Å². The Hall–Kier alpha value is -2.72. The van der Waals surface area contributed by atoms with Crippen molar-refractivity contribution in [2.45, 2.75) is 4.90 Å². The third-order valence-corrected chi connectivity index (χ3v) is 3.78. The van der Waals surface area contributed by atoms with Gasteiger partial charge in [-0.3, -0.25) is 4.79 Å². The Morgan fingerprint density at radius 2 is 1.62 bits per heavy atom. The number of nitrogens with two attached hydrogens (primary N) is 1. The number of amides is 1. The van der Waals surface area contributed by atoms with Crippen LogP contribution in [0.1, 0.15) is 15.9 Å². The molecule has 0 saturated heterocycles. The van der Waals surface area contributed by atoms with Gasteiger partial charge in [0.1, 0.15) is 5.82 Å². The Labute approximate surface area is 134 Å². The summed E-state index contributed by atoms with van der Waals surface area (Å²) in [7, 11) is -3.88. The fourth-order valence-electron chi connectivity index (χ4n) is 1.66. The summed E-state index contributed by atoms with van der Waals surface area (Å²) >= 11 is 0. The summed E-state index contributed by atoms with van der Waals surface area (Å²) in [5, 5.41) is 8.34. The van der Waals surface area contributed by atoms with Crippen molar-refractivity contribution in [1.82, 2.24) is 5.43 Å². The van der Waals surface area contributed by atoms with Gasteiger partial charge >= 0.3 is 0 Å². The van der Waals surface area contributed by atoms with Gasteiger partial charge in [0, 0.05) is 17.2 Å². The van der Waals surface area contributed by atoms with Gasteiger partial charge in [0.05, 0.1) is 11.1 Å². The second-order valence-corrected chi connectivity index (χ2v) is 6.12. The highest BCUT2D eigenvalue weighted by Crippen LogP contribution is 2.12. The van der Waals surface area contributed by atoms with Crippen LogP contribution in [0, 0.1) is 17.5 Å².